The van der Waals surface area contributed by atoms with Crippen LogP contribution in [0.1, 0.15) is 20.3 Å². The minimum Gasteiger partial charge on any atom is -0.273 e. The predicted molar refractivity (Wildman–Crippen MR) is 92.0 cm³/mol. The van der Waals surface area contributed by atoms with Crippen LogP contribution in [0.5, 0.6) is 0 Å². The molecular weight excluding hydrogens is 330 g/mol. The maximum atomic E-state index is 12.5. The molecule has 1 amide bonds. The molecule has 1 aromatic carbocycles. The molecule has 0 radical (unpaired) electrons. The second-order valence-corrected chi connectivity index (χ2v) is 6.26. The lowest BCUT2D eigenvalue weighted by Crippen LogP contribution is -2.33. The normalized spacial score (nSPS) is 11.2. The molecule has 2 aromatic heterocycles. The summed E-state index contributed by atoms with van der Waals surface area (Å²) < 4.78 is 2.61. The number of halogens is 1. The van der Waals surface area contributed by atoms with E-state index in [1.54, 1.807) is 18.2 Å². The second kappa shape index (κ2) is 6.45. The lowest BCUT2D eigenvalue weighted by atomic mass is 10.1. The molecule has 24 heavy (non-hydrogen) atoms. The molecule has 0 saturated heterocycles. The number of benzene rings is 1. The summed E-state index contributed by atoms with van der Waals surface area (Å²) in [6.07, 6.45) is 3.04. The Kier molecular flexibility index (Phi) is 4.35. The molecule has 7 nitrogen and oxygen atoms in total. The number of carbonyl (C=O) groups excluding carboxylic acids is 1. The van der Waals surface area contributed by atoms with E-state index in [2.05, 4.69) is 15.5 Å². The van der Waals surface area contributed by atoms with Crippen molar-refractivity contribution in [3.8, 4) is 5.69 Å². The van der Waals surface area contributed by atoms with E-state index in [9.17, 15) is 9.59 Å². The van der Waals surface area contributed by atoms with Crippen LogP contribution in [0.3, 0.4) is 0 Å². The number of aromatic nitrogens is 4. The van der Waals surface area contributed by atoms with Crippen molar-refractivity contribution in [3.05, 3.63) is 52.2 Å². The highest BCUT2D eigenvalue weighted by atomic mass is 35.5. The Morgan fingerprint density at radius 2 is 2.17 bits per heavy atom. The quantitative estimate of drug-likeness (QED) is 0.787. The van der Waals surface area contributed by atoms with Gasteiger partial charge < -0.3 is 0 Å². The Morgan fingerprint density at radius 3 is 2.88 bits per heavy atom. The topological polar surface area (TPSA) is 81.8 Å². The molecule has 2 heterocycles. The second-order valence-electron chi connectivity index (χ2n) is 5.83. The molecule has 8 heteroatoms. The zero-order valence-corrected chi connectivity index (χ0v) is 14.0. The largest absolute Gasteiger partial charge is 0.283 e. The predicted octanol–water partition coefficient (Wildman–Crippen LogP) is 2.35. The van der Waals surface area contributed by atoms with Crippen LogP contribution in [-0.4, -0.2) is 25.3 Å². The zero-order valence-electron chi connectivity index (χ0n) is 13.2. The molecule has 0 saturated carbocycles. The van der Waals surface area contributed by atoms with E-state index in [0.717, 1.165) is 4.68 Å². The first-order valence-electron chi connectivity index (χ1n) is 7.47. The standard InChI is InChI=1S/C16H16ClN5O2/c1-10(2)6-14(23)20-21-9-18-15-13(16(21)24)8-19-22(15)12-5-3-4-11(17)7-12/h3-5,7-10H,6H2,1-2H3,(H,20,23). The first kappa shape index (κ1) is 16.2. The van der Waals surface area contributed by atoms with Crippen molar-refractivity contribution in [1.29, 1.82) is 0 Å². The highest BCUT2D eigenvalue weighted by Crippen LogP contribution is 2.17. The van der Waals surface area contributed by atoms with Gasteiger partial charge in [-0.2, -0.15) is 5.10 Å². The van der Waals surface area contributed by atoms with Crippen molar-refractivity contribution in [2.75, 3.05) is 5.43 Å². The molecule has 0 bridgehead atoms. The molecule has 0 aliphatic carbocycles. The molecule has 124 valence electrons. The minimum absolute atomic E-state index is 0.197. The van der Waals surface area contributed by atoms with Crippen LogP contribution in [0.2, 0.25) is 5.02 Å². The van der Waals surface area contributed by atoms with Crippen LogP contribution in [0.25, 0.3) is 16.7 Å². The monoisotopic (exact) mass is 345 g/mol. The number of hydrogen-bond donors (Lipinski definition) is 1. The third-order valence-corrected chi connectivity index (χ3v) is 3.62. The Hall–Kier alpha value is -2.67. The molecule has 0 spiro atoms. The Bertz CT molecular complexity index is 961. The summed E-state index contributed by atoms with van der Waals surface area (Å²) in [4.78, 5) is 28.6. The Morgan fingerprint density at radius 1 is 1.38 bits per heavy atom. The zero-order chi connectivity index (χ0) is 17.3. The van der Waals surface area contributed by atoms with Crippen molar-refractivity contribution in [2.45, 2.75) is 20.3 Å². The van der Waals surface area contributed by atoms with Crippen molar-refractivity contribution in [2.24, 2.45) is 5.92 Å². The van der Waals surface area contributed by atoms with Crippen LogP contribution in [0.4, 0.5) is 0 Å². The van der Waals surface area contributed by atoms with Crippen LogP contribution in [0.15, 0.2) is 41.6 Å². The van der Waals surface area contributed by atoms with Gasteiger partial charge in [-0.1, -0.05) is 31.5 Å². The van der Waals surface area contributed by atoms with Gasteiger partial charge in [0.25, 0.3) is 5.56 Å². The summed E-state index contributed by atoms with van der Waals surface area (Å²) in [6.45, 7) is 3.86. The van der Waals surface area contributed by atoms with Crippen LogP contribution in [-0.2, 0) is 4.79 Å². The smallest absolute Gasteiger partial charge is 0.273 e. The molecule has 1 N–H and O–H groups in total. The van der Waals surface area contributed by atoms with Gasteiger partial charge in [0.15, 0.2) is 5.65 Å². The third kappa shape index (κ3) is 3.16. The molecule has 3 rings (SSSR count). The van der Waals surface area contributed by atoms with Crippen molar-refractivity contribution < 1.29 is 4.79 Å². The lowest BCUT2D eigenvalue weighted by Gasteiger charge is -2.09. The fraction of sp³-hybridized carbons (Fsp3) is 0.250. The number of amides is 1. The van der Waals surface area contributed by atoms with E-state index >= 15 is 0 Å². The van der Waals surface area contributed by atoms with E-state index in [-0.39, 0.29) is 17.4 Å². The number of nitrogens with one attached hydrogen (secondary N) is 1. The first-order chi connectivity index (χ1) is 11.5. The summed E-state index contributed by atoms with van der Waals surface area (Å²) in [6, 6.07) is 7.08. The van der Waals surface area contributed by atoms with Crippen molar-refractivity contribution in [1.82, 2.24) is 19.4 Å². The average Bonchev–Trinajstić information content (AvgIpc) is 2.94. The van der Waals surface area contributed by atoms with Gasteiger partial charge in [-0.25, -0.2) is 14.3 Å². The maximum absolute atomic E-state index is 12.5. The summed E-state index contributed by atoms with van der Waals surface area (Å²) >= 11 is 5.99. The van der Waals surface area contributed by atoms with Gasteiger partial charge in [0, 0.05) is 11.4 Å². The minimum atomic E-state index is -0.384. The molecule has 0 fully saturated rings. The van der Waals surface area contributed by atoms with Crippen molar-refractivity contribution >= 4 is 28.5 Å². The van der Waals surface area contributed by atoms with Gasteiger partial charge in [-0.15, -0.1) is 0 Å². The lowest BCUT2D eigenvalue weighted by molar-refractivity contribution is -0.117. The van der Waals surface area contributed by atoms with E-state index in [4.69, 9.17) is 11.6 Å². The highest BCUT2D eigenvalue weighted by molar-refractivity contribution is 6.30. The third-order valence-electron chi connectivity index (χ3n) is 3.38. The van der Waals surface area contributed by atoms with Gasteiger partial charge in [0.2, 0.25) is 5.91 Å². The van der Waals surface area contributed by atoms with Crippen LogP contribution in [0, 0.1) is 5.92 Å². The summed E-state index contributed by atoms with van der Waals surface area (Å²) in [5, 5.41) is 5.07. The Labute approximate surface area is 142 Å². The summed E-state index contributed by atoms with van der Waals surface area (Å²) in [7, 11) is 0. The molecule has 0 aliphatic heterocycles. The maximum Gasteiger partial charge on any atom is 0.283 e. The van der Waals surface area contributed by atoms with Gasteiger partial charge in [-0.3, -0.25) is 15.0 Å². The van der Waals surface area contributed by atoms with Crippen molar-refractivity contribution in [3.63, 3.8) is 0 Å². The van der Waals surface area contributed by atoms with Gasteiger partial charge in [0.1, 0.15) is 11.7 Å². The molecule has 0 atom stereocenters. The SMILES string of the molecule is CC(C)CC(=O)Nn1cnc2c(cnn2-c2cccc(Cl)c2)c1=O. The molecular formula is C16H16ClN5O2. The summed E-state index contributed by atoms with van der Waals surface area (Å²) in [5.41, 5.74) is 3.25. The van der Waals surface area contributed by atoms with E-state index in [1.807, 2.05) is 19.9 Å². The highest BCUT2D eigenvalue weighted by Gasteiger charge is 2.13. The van der Waals surface area contributed by atoms with Gasteiger partial charge in [-0.05, 0) is 24.1 Å². The molecule has 0 aliphatic rings. The van der Waals surface area contributed by atoms with E-state index in [1.165, 1.54) is 17.2 Å². The van der Waals surface area contributed by atoms with E-state index in [0.29, 0.717) is 28.2 Å². The van der Waals surface area contributed by atoms with Gasteiger partial charge in [0.05, 0.1) is 11.9 Å². The number of hydrogen-bond acceptors (Lipinski definition) is 4. The Balaban J connectivity index is 2.00. The van der Waals surface area contributed by atoms with Crippen LogP contribution < -0.4 is 11.0 Å². The number of carbonyl (C=O) groups is 1. The number of nitrogens with zero attached hydrogens (tertiary/aromatic N) is 4. The fourth-order valence-corrected chi connectivity index (χ4v) is 2.52. The van der Waals surface area contributed by atoms with Gasteiger partial charge >= 0.3 is 0 Å². The first-order valence-corrected chi connectivity index (χ1v) is 7.84. The van der Waals surface area contributed by atoms with Crippen LogP contribution >= 0.6 is 11.6 Å². The molecule has 0 unspecified atom stereocenters. The summed E-state index contributed by atoms with van der Waals surface area (Å²) in [5.74, 6) is -0.0431. The molecule has 3 aromatic rings. The van der Waals surface area contributed by atoms with E-state index < -0.39 is 0 Å². The number of fused-ring (bicyclic) bond motifs is 1. The average molecular weight is 346 g/mol. The number of rotatable bonds is 4. The fourth-order valence-electron chi connectivity index (χ4n) is 2.34.